The van der Waals surface area contributed by atoms with Gasteiger partial charge in [-0.25, -0.2) is 8.42 Å². The highest BCUT2D eigenvalue weighted by Crippen LogP contribution is 2.33. The molecule has 3 aromatic rings. The van der Waals surface area contributed by atoms with Crippen molar-refractivity contribution in [1.29, 1.82) is 0 Å². The Bertz CT molecular complexity index is 1120. The minimum Gasteiger partial charge on any atom is -0.496 e. The summed E-state index contributed by atoms with van der Waals surface area (Å²) in [6, 6.07) is 14.3. The number of carbonyl (C=O) groups excluding carboxylic acids is 1. The number of benzene rings is 2. The molecule has 1 aliphatic heterocycles. The lowest BCUT2D eigenvalue weighted by molar-refractivity contribution is 0.0928. The van der Waals surface area contributed by atoms with Crippen LogP contribution in [0.1, 0.15) is 22.5 Å². The molecule has 0 atom stereocenters. The van der Waals surface area contributed by atoms with Crippen molar-refractivity contribution in [2.24, 2.45) is 0 Å². The smallest absolute Gasteiger partial charge is 0.261 e. The molecule has 6 nitrogen and oxygen atoms in total. The number of thiophene rings is 1. The van der Waals surface area contributed by atoms with Crippen molar-refractivity contribution in [3.63, 3.8) is 0 Å². The molecule has 2 heterocycles. The van der Waals surface area contributed by atoms with Gasteiger partial charge >= 0.3 is 0 Å². The van der Waals surface area contributed by atoms with Gasteiger partial charge in [0.1, 0.15) is 5.75 Å². The van der Waals surface area contributed by atoms with E-state index in [0.717, 1.165) is 5.39 Å². The van der Waals surface area contributed by atoms with Crippen molar-refractivity contribution in [2.75, 3.05) is 20.2 Å². The Kier molecular flexibility index (Phi) is 5.58. The minimum atomic E-state index is -3.64. The Balaban J connectivity index is 1.51. The topological polar surface area (TPSA) is 75.7 Å². The van der Waals surface area contributed by atoms with Crippen LogP contribution in [0.3, 0.4) is 0 Å². The van der Waals surface area contributed by atoms with E-state index in [1.54, 1.807) is 31.4 Å². The van der Waals surface area contributed by atoms with E-state index in [0.29, 0.717) is 41.9 Å². The molecule has 0 spiro atoms. The summed E-state index contributed by atoms with van der Waals surface area (Å²) in [6.45, 7) is 0.746. The Morgan fingerprint density at radius 2 is 1.79 bits per heavy atom. The lowest BCUT2D eigenvalue weighted by Crippen LogP contribution is -2.46. The van der Waals surface area contributed by atoms with Crippen LogP contribution in [0.25, 0.3) is 10.8 Å². The van der Waals surface area contributed by atoms with E-state index >= 15 is 0 Å². The first kappa shape index (κ1) is 19.9. The number of hydrogen-bond donors (Lipinski definition) is 1. The van der Waals surface area contributed by atoms with Crippen LogP contribution in [0.2, 0.25) is 0 Å². The van der Waals surface area contributed by atoms with Crippen LogP contribution in [0.5, 0.6) is 5.75 Å². The second kappa shape index (κ2) is 8.14. The van der Waals surface area contributed by atoms with Gasteiger partial charge in [-0.15, -0.1) is 11.3 Å². The van der Waals surface area contributed by atoms with Crippen LogP contribution in [0.4, 0.5) is 0 Å². The van der Waals surface area contributed by atoms with Crippen molar-refractivity contribution in [3.8, 4) is 5.75 Å². The fraction of sp³-hybridized carbons (Fsp3) is 0.286. The average molecular weight is 431 g/mol. The highest BCUT2D eigenvalue weighted by atomic mass is 32.2. The van der Waals surface area contributed by atoms with Gasteiger partial charge in [-0.3, -0.25) is 4.79 Å². The first-order chi connectivity index (χ1) is 14.0. The molecule has 0 bridgehead atoms. The largest absolute Gasteiger partial charge is 0.496 e. The van der Waals surface area contributed by atoms with Gasteiger partial charge in [-0.2, -0.15) is 4.31 Å². The number of sulfonamides is 1. The summed E-state index contributed by atoms with van der Waals surface area (Å²) in [5, 5.41) is 6.30. The first-order valence-electron chi connectivity index (χ1n) is 9.41. The van der Waals surface area contributed by atoms with E-state index in [-0.39, 0.29) is 16.8 Å². The lowest BCUT2D eigenvalue weighted by atomic mass is 10.1. The zero-order valence-electron chi connectivity index (χ0n) is 16.0. The molecule has 8 heteroatoms. The molecular weight excluding hydrogens is 408 g/mol. The summed E-state index contributed by atoms with van der Waals surface area (Å²) in [5.74, 6) is 0.553. The fourth-order valence-electron chi connectivity index (χ4n) is 3.69. The molecule has 29 heavy (non-hydrogen) atoms. The molecule has 2 aromatic carbocycles. The van der Waals surface area contributed by atoms with E-state index in [1.165, 1.54) is 15.6 Å². The van der Waals surface area contributed by atoms with Crippen molar-refractivity contribution in [3.05, 3.63) is 58.8 Å². The van der Waals surface area contributed by atoms with Crippen LogP contribution in [0, 0.1) is 0 Å². The van der Waals surface area contributed by atoms with E-state index in [2.05, 4.69) is 5.32 Å². The summed E-state index contributed by atoms with van der Waals surface area (Å²) in [5.41, 5.74) is 0. The number of ether oxygens (including phenoxy) is 1. The average Bonchev–Trinajstić information content (AvgIpc) is 3.28. The molecule has 4 rings (SSSR count). The number of piperidine rings is 1. The summed E-state index contributed by atoms with van der Waals surface area (Å²) >= 11 is 1.40. The number of hydrogen-bond acceptors (Lipinski definition) is 5. The molecule has 0 saturated carbocycles. The summed E-state index contributed by atoms with van der Waals surface area (Å²) < 4.78 is 33.5. The van der Waals surface area contributed by atoms with E-state index in [4.69, 9.17) is 4.74 Å². The Hall–Kier alpha value is -2.42. The highest BCUT2D eigenvalue weighted by Gasteiger charge is 2.31. The SMILES string of the molecule is COc1ccc(S(=O)(=O)N2CCC(NC(=O)c3cccs3)CC2)c2ccccc12. The lowest BCUT2D eigenvalue weighted by Gasteiger charge is -2.31. The van der Waals surface area contributed by atoms with Crippen molar-refractivity contribution in [1.82, 2.24) is 9.62 Å². The molecule has 1 fully saturated rings. The zero-order chi connectivity index (χ0) is 20.4. The number of carbonyl (C=O) groups is 1. The van der Waals surface area contributed by atoms with Gasteiger partial charge in [0.25, 0.3) is 5.91 Å². The quantitative estimate of drug-likeness (QED) is 0.672. The van der Waals surface area contributed by atoms with Crippen LogP contribution in [-0.4, -0.2) is 44.9 Å². The van der Waals surface area contributed by atoms with Crippen LogP contribution in [0.15, 0.2) is 58.8 Å². The Morgan fingerprint density at radius 3 is 2.45 bits per heavy atom. The Labute approximate surface area is 174 Å². The summed E-state index contributed by atoms with van der Waals surface area (Å²) in [6.07, 6.45) is 1.18. The van der Waals surface area contributed by atoms with Gasteiger partial charge in [0, 0.05) is 29.9 Å². The van der Waals surface area contributed by atoms with Crippen LogP contribution < -0.4 is 10.1 Å². The van der Waals surface area contributed by atoms with Gasteiger partial charge in [0.05, 0.1) is 16.9 Å². The molecule has 152 valence electrons. The van der Waals surface area contributed by atoms with Gasteiger partial charge in [-0.1, -0.05) is 30.3 Å². The number of nitrogens with zero attached hydrogens (tertiary/aromatic N) is 1. The van der Waals surface area contributed by atoms with Crippen molar-refractivity contribution < 1.29 is 17.9 Å². The van der Waals surface area contributed by atoms with E-state index < -0.39 is 10.0 Å². The van der Waals surface area contributed by atoms with E-state index in [9.17, 15) is 13.2 Å². The molecular formula is C21H22N2O4S2. The van der Waals surface area contributed by atoms with Gasteiger partial charge in [0.2, 0.25) is 10.0 Å². The zero-order valence-corrected chi connectivity index (χ0v) is 17.6. The van der Waals surface area contributed by atoms with Gasteiger partial charge in [0.15, 0.2) is 0 Å². The van der Waals surface area contributed by atoms with E-state index in [1.807, 2.05) is 29.6 Å². The standard InChI is InChI=1S/C21H22N2O4S2/c1-27-18-8-9-20(17-6-3-2-5-16(17)18)29(25,26)23-12-10-15(11-13-23)22-21(24)19-7-4-14-28-19/h2-9,14-15H,10-13H2,1H3,(H,22,24). The van der Waals surface area contributed by atoms with Crippen molar-refractivity contribution >= 4 is 38.0 Å². The third kappa shape index (κ3) is 3.88. The first-order valence-corrected chi connectivity index (χ1v) is 11.7. The molecule has 1 saturated heterocycles. The number of nitrogens with one attached hydrogen (secondary N) is 1. The van der Waals surface area contributed by atoms with Crippen molar-refractivity contribution in [2.45, 2.75) is 23.8 Å². The predicted molar refractivity (Wildman–Crippen MR) is 114 cm³/mol. The maximum atomic E-state index is 13.3. The second-order valence-corrected chi connectivity index (χ2v) is 9.79. The maximum absolute atomic E-state index is 13.3. The number of methoxy groups -OCH3 is 1. The Morgan fingerprint density at radius 1 is 1.07 bits per heavy atom. The number of amides is 1. The fourth-order valence-corrected chi connectivity index (χ4v) is 5.98. The minimum absolute atomic E-state index is 0.0244. The molecule has 0 unspecified atom stereocenters. The molecule has 1 N–H and O–H groups in total. The third-order valence-corrected chi connectivity index (χ3v) is 8.04. The number of rotatable bonds is 5. The molecule has 1 amide bonds. The second-order valence-electron chi connectivity index (χ2n) is 6.94. The van der Waals surface area contributed by atoms with Gasteiger partial charge in [-0.05, 0) is 36.4 Å². The summed E-state index contributed by atoms with van der Waals surface area (Å²) in [7, 11) is -2.07. The normalized spacial score (nSPS) is 16.0. The van der Waals surface area contributed by atoms with Gasteiger partial charge < -0.3 is 10.1 Å². The summed E-state index contributed by atoms with van der Waals surface area (Å²) in [4.78, 5) is 13.2. The van der Waals surface area contributed by atoms with Crippen LogP contribution >= 0.6 is 11.3 Å². The van der Waals surface area contributed by atoms with Crippen LogP contribution in [-0.2, 0) is 10.0 Å². The molecule has 0 aliphatic carbocycles. The highest BCUT2D eigenvalue weighted by molar-refractivity contribution is 7.89. The maximum Gasteiger partial charge on any atom is 0.261 e. The number of fused-ring (bicyclic) bond motifs is 1. The molecule has 1 aliphatic rings. The predicted octanol–water partition coefficient (Wildman–Crippen LogP) is 3.49. The molecule has 1 aromatic heterocycles. The third-order valence-electron chi connectivity index (χ3n) is 5.22. The monoisotopic (exact) mass is 430 g/mol. The molecule has 0 radical (unpaired) electrons.